The second kappa shape index (κ2) is 7.45. The standard InChI is InChI=1S/C17H18FNO3/c1-3-21-16-10-13(18)7-8-15(16)19-17(20)11-22-14-6-4-5-12(2)9-14/h4-10H,3,11H2,1-2H3,(H,19,20). The van der Waals surface area contributed by atoms with E-state index in [2.05, 4.69) is 5.32 Å². The van der Waals surface area contributed by atoms with E-state index in [1.807, 2.05) is 25.1 Å². The molecule has 1 N–H and O–H groups in total. The normalized spacial score (nSPS) is 10.1. The highest BCUT2D eigenvalue weighted by atomic mass is 19.1. The first-order valence-corrected chi connectivity index (χ1v) is 7.00. The maximum atomic E-state index is 13.2. The number of benzene rings is 2. The Morgan fingerprint density at radius 3 is 2.73 bits per heavy atom. The monoisotopic (exact) mass is 303 g/mol. The Balaban J connectivity index is 1.97. The Hall–Kier alpha value is -2.56. The summed E-state index contributed by atoms with van der Waals surface area (Å²) in [5.74, 6) is 0.164. The SMILES string of the molecule is CCOc1cc(F)ccc1NC(=O)COc1cccc(C)c1. The van der Waals surface area contributed by atoms with Crippen LogP contribution in [0.2, 0.25) is 0 Å². The fraction of sp³-hybridized carbons (Fsp3) is 0.235. The quantitative estimate of drug-likeness (QED) is 0.887. The van der Waals surface area contributed by atoms with Crippen molar-refractivity contribution >= 4 is 11.6 Å². The van der Waals surface area contributed by atoms with Crippen LogP contribution < -0.4 is 14.8 Å². The Labute approximate surface area is 128 Å². The summed E-state index contributed by atoms with van der Waals surface area (Å²) in [6.07, 6.45) is 0. The van der Waals surface area contributed by atoms with E-state index >= 15 is 0 Å². The highest BCUT2D eigenvalue weighted by Crippen LogP contribution is 2.25. The minimum Gasteiger partial charge on any atom is -0.492 e. The lowest BCUT2D eigenvalue weighted by Gasteiger charge is -2.12. The van der Waals surface area contributed by atoms with Crippen LogP contribution in [-0.4, -0.2) is 19.1 Å². The Morgan fingerprint density at radius 1 is 1.18 bits per heavy atom. The maximum absolute atomic E-state index is 13.2. The maximum Gasteiger partial charge on any atom is 0.262 e. The summed E-state index contributed by atoms with van der Waals surface area (Å²) in [5, 5.41) is 2.65. The van der Waals surface area contributed by atoms with Gasteiger partial charge in [-0.1, -0.05) is 12.1 Å². The molecule has 0 spiro atoms. The van der Waals surface area contributed by atoms with Gasteiger partial charge >= 0.3 is 0 Å². The number of carbonyl (C=O) groups excluding carboxylic acids is 1. The molecule has 5 heteroatoms. The zero-order valence-corrected chi connectivity index (χ0v) is 12.6. The molecule has 0 saturated heterocycles. The first-order valence-electron chi connectivity index (χ1n) is 7.00. The molecule has 0 radical (unpaired) electrons. The van der Waals surface area contributed by atoms with Crippen LogP contribution in [-0.2, 0) is 4.79 Å². The van der Waals surface area contributed by atoms with Crippen molar-refractivity contribution in [1.82, 2.24) is 0 Å². The predicted molar refractivity (Wildman–Crippen MR) is 82.9 cm³/mol. The van der Waals surface area contributed by atoms with Gasteiger partial charge in [0.05, 0.1) is 12.3 Å². The topological polar surface area (TPSA) is 47.6 Å². The van der Waals surface area contributed by atoms with Gasteiger partial charge < -0.3 is 14.8 Å². The summed E-state index contributed by atoms with van der Waals surface area (Å²) in [6.45, 7) is 3.98. The van der Waals surface area contributed by atoms with E-state index < -0.39 is 5.82 Å². The first kappa shape index (κ1) is 15.8. The number of halogens is 1. The molecule has 0 heterocycles. The van der Waals surface area contributed by atoms with Gasteiger partial charge in [-0.2, -0.15) is 0 Å². The van der Waals surface area contributed by atoms with Crippen LogP contribution in [0.1, 0.15) is 12.5 Å². The molecule has 0 bridgehead atoms. The number of ether oxygens (including phenoxy) is 2. The van der Waals surface area contributed by atoms with Gasteiger partial charge in [0.25, 0.3) is 5.91 Å². The van der Waals surface area contributed by atoms with Crippen LogP contribution >= 0.6 is 0 Å². The lowest BCUT2D eigenvalue weighted by atomic mass is 10.2. The number of carbonyl (C=O) groups is 1. The predicted octanol–water partition coefficient (Wildman–Crippen LogP) is 3.55. The largest absolute Gasteiger partial charge is 0.492 e. The van der Waals surface area contributed by atoms with E-state index in [4.69, 9.17) is 9.47 Å². The Bertz CT molecular complexity index is 658. The smallest absolute Gasteiger partial charge is 0.262 e. The van der Waals surface area contributed by atoms with Gasteiger partial charge in [0, 0.05) is 6.07 Å². The molecule has 0 aliphatic heterocycles. The minimum absolute atomic E-state index is 0.133. The van der Waals surface area contributed by atoms with Crippen molar-refractivity contribution in [3.8, 4) is 11.5 Å². The highest BCUT2D eigenvalue weighted by molar-refractivity contribution is 5.93. The minimum atomic E-state index is -0.419. The summed E-state index contributed by atoms with van der Waals surface area (Å²) < 4.78 is 23.9. The van der Waals surface area contributed by atoms with Gasteiger partial charge in [-0.15, -0.1) is 0 Å². The second-order valence-corrected chi connectivity index (χ2v) is 4.73. The van der Waals surface area contributed by atoms with Gasteiger partial charge in [-0.05, 0) is 43.7 Å². The Morgan fingerprint density at radius 2 is 2.00 bits per heavy atom. The number of rotatable bonds is 6. The molecule has 22 heavy (non-hydrogen) atoms. The van der Waals surface area contributed by atoms with E-state index in [1.165, 1.54) is 18.2 Å². The van der Waals surface area contributed by atoms with E-state index in [1.54, 1.807) is 13.0 Å². The molecule has 0 saturated carbocycles. The number of aryl methyl sites for hydroxylation is 1. The van der Waals surface area contributed by atoms with Gasteiger partial charge in [0.1, 0.15) is 17.3 Å². The fourth-order valence-electron chi connectivity index (χ4n) is 1.91. The van der Waals surface area contributed by atoms with Crippen molar-refractivity contribution < 1.29 is 18.7 Å². The van der Waals surface area contributed by atoms with Gasteiger partial charge in [0.2, 0.25) is 0 Å². The van der Waals surface area contributed by atoms with Crippen molar-refractivity contribution in [3.05, 3.63) is 53.8 Å². The van der Waals surface area contributed by atoms with Crippen molar-refractivity contribution in [2.45, 2.75) is 13.8 Å². The van der Waals surface area contributed by atoms with E-state index in [0.29, 0.717) is 23.8 Å². The number of hydrogen-bond acceptors (Lipinski definition) is 3. The molecule has 2 aromatic rings. The number of anilines is 1. The summed E-state index contributed by atoms with van der Waals surface area (Å²) in [5.41, 5.74) is 1.47. The zero-order chi connectivity index (χ0) is 15.9. The number of nitrogens with one attached hydrogen (secondary N) is 1. The van der Waals surface area contributed by atoms with Crippen LogP contribution in [0, 0.1) is 12.7 Å². The van der Waals surface area contributed by atoms with Gasteiger partial charge in [-0.25, -0.2) is 4.39 Å². The molecule has 0 aliphatic carbocycles. The molecule has 0 aliphatic rings. The molecule has 0 aromatic heterocycles. The summed E-state index contributed by atoms with van der Waals surface area (Å²) >= 11 is 0. The number of amides is 1. The Kier molecular flexibility index (Phi) is 5.36. The molecule has 2 aromatic carbocycles. The van der Waals surface area contributed by atoms with Crippen LogP contribution in [0.15, 0.2) is 42.5 Å². The lowest BCUT2D eigenvalue weighted by molar-refractivity contribution is -0.118. The van der Waals surface area contributed by atoms with E-state index in [9.17, 15) is 9.18 Å². The van der Waals surface area contributed by atoms with Crippen LogP contribution in [0.3, 0.4) is 0 Å². The van der Waals surface area contributed by atoms with Crippen LogP contribution in [0.25, 0.3) is 0 Å². The third kappa shape index (κ3) is 4.48. The van der Waals surface area contributed by atoms with E-state index in [-0.39, 0.29) is 12.5 Å². The third-order valence-electron chi connectivity index (χ3n) is 2.88. The molecule has 116 valence electrons. The first-order chi connectivity index (χ1) is 10.6. The van der Waals surface area contributed by atoms with Crippen molar-refractivity contribution in [3.63, 3.8) is 0 Å². The molecule has 4 nitrogen and oxygen atoms in total. The fourth-order valence-corrected chi connectivity index (χ4v) is 1.91. The van der Waals surface area contributed by atoms with Crippen molar-refractivity contribution in [2.75, 3.05) is 18.5 Å². The van der Waals surface area contributed by atoms with Crippen molar-refractivity contribution in [2.24, 2.45) is 0 Å². The number of hydrogen-bond donors (Lipinski definition) is 1. The second-order valence-electron chi connectivity index (χ2n) is 4.73. The van der Waals surface area contributed by atoms with Crippen LogP contribution in [0.5, 0.6) is 11.5 Å². The molecule has 0 fully saturated rings. The van der Waals surface area contributed by atoms with Gasteiger partial charge in [0.15, 0.2) is 6.61 Å². The van der Waals surface area contributed by atoms with Crippen molar-refractivity contribution in [1.29, 1.82) is 0 Å². The molecule has 0 unspecified atom stereocenters. The average Bonchev–Trinajstić information content (AvgIpc) is 2.48. The third-order valence-corrected chi connectivity index (χ3v) is 2.88. The average molecular weight is 303 g/mol. The van der Waals surface area contributed by atoms with Crippen LogP contribution in [0.4, 0.5) is 10.1 Å². The summed E-state index contributed by atoms with van der Waals surface area (Å²) in [4.78, 5) is 11.9. The summed E-state index contributed by atoms with van der Waals surface area (Å²) in [6, 6.07) is 11.4. The van der Waals surface area contributed by atoms with Gasteiger partial charge in [-0.3, -0.25) is 4.79 Å². The highest BCUT2D eigenvalue weighted by Gasteiger charge is 2.10. The molecule has 1 amide bonds. The van der Waals surface area contributed by atoms with E-state index in [0.717, 1.165) is 5.56 Å². The molecular formula is C17H18FNO3. The molecular weight excluding hydrogens is 285 g/mol. The molecule has 0 atom stereocenters. The zero-order valence-electron chi connectivity index (χ0n) is 12.6. The molecule has 2 rings (SSSR count). The summed E-state index contributed by atoms with van der Waals surface area (Å²) in [7, 11) is 0. The lowest BCUT2D eigenvalue weighted by Crippen LogP contribution is -2.20.